The van der Waals surface area contributed by atoms with Crippen molar-refractivity contribution in [3.63, 3.8) is 0 Å². The van der Waals surface area contributed by atoms with Crippen LogP contribution in [0, 0.1) is 0 Å². The highest BCUT2D eigenvalue weighted by Crippen LogP contribution is 2.35. The number of benzene rings is 2. The SMILES string of the molecule is CCC(O)c1ncc(Oc2ccc(C(C)(C)c3ccc(O[C@H]4C[C@H](NC(=O)OC(C)(C)C)C4)cc3)cc2)cn1. The summed E-state index contributed by atoms with van der Waals surface area (Å²) in [7, 11) is 0. The minimum atomic E-state index is -0.667. The number of aliphatic hydroxyl groups is 1. The van der Waals surface area contributed by atoms with Crippen molar-refractivity contribution in [2.75, 3.05) is 0 Å². The van der Waals surface area contributed by atoms with Crippen molar-refractivity contribution in [1.29, 1.82) is 0 Å². The summed E-state index contributed by atoms with van der Waals surface area (Å²) in [5, 5.41) is 12.7. The van der Waals surface area contributed by atoms with E-state index in [0.717, 1.165) is 24.2 Å². The van der Waals surface area contributed by atoms with Crippen LogP contribution in [-0.2, 0) is 10.2 Å². The third kappa shape index (κ3) is 7.47. The van der Waals surface area contributed by atoms with Crippen LogP contribution >= 0.6 is 0 Å². The maximum Gasteiger partial charge on any atom is 0.407 e. The summed E-state index contributed by atoms with van der Waals surface area (Å²) in [6.07, 6.45) is 4.26. The summed E-state index contributed by atoms with van der Waals surface area (Å²) in [5.41, 5.74) is 1.59. The third-order valence-electron chi connectivity index (χ3n) is 6.84. The Bertz CT molecular complexity index is 1230. The molecule has 208 valence electrons. The second-order valence-corrected chi connectivity index (χ2v) is 11.5. The highest BCUT2D eigenvalue weighted by atomic mass is 16.6. The number of nitrogens with one attached hydrogen (secondary N) is 1. The molecule has 0 aliphatic heterocycles. The summed E-state index contributed by atoms with van der Waals surface area (Å²) in [4.78, 5) is 20.3. The van der Waals surface area contributed by atoms with Gasteiger partial charge in [0.25, 0.3) is 0 Å². The summed E-state index contributed by atoms with van der Waals surface area (Å²) >= 11 is 0. The van der Waals surface area contributed by atoms with Crippen molar-refractivity contribution < 1.29 is 24.1 Å². The van der Waals surface area contributed by atoms with E-state index in [1.165, 1.54) is 5.56 Å². The fourth-order valence-electron chi connectivity index (χ4n) is 4.37. The minimum absolute atomic E-state index is 0.0784. The predicted molar refractivity (Wildman–Crippen MR) is 149 cm³/mol. The Morgan fingerprint density at radius 2 is 1.46 bits per heavy atom. The van der Waals surface area contributed by atoms with Gasteiger partial charge in [0.2, 0.25) is 0 Å². The average molecular weight is 534 g/mol. The molecule has 1 aliphatic rings. The first-order valence-electron chi connectivity index (χ1n) is 13.5. The van der Waals surface area contributed by atoms with Crippen molar-refractivity contribution in [2.45, 2.75) is 90.1 Å². The van der Waals surface area contributed by atoms with E-state index in [9.17, 15) is 9.90 Å². The largest absolute Gasteiger partial charge is 0.490 e. The molecule has 0 radical (unpaired) electrons. The summed E-state index contributed by atoms with van der Waals surface area (Å²) in [5.74, 6) is 2.41. The highest BCUT2D eigenvalue weighted by Gasteiger charge is 2.33. The van der Waals surface area contributed by atoms with Crippen LogP contribution in [0.15, 0.2) is 60.9 Å². The zero-order valence-electron chi connectivity index (χ0n) is 23.6. The molecule has 1 fully saturated rings. The fourth-order valence-corrected chi connectivity index (χ4v) is 4.37. The molecule has 1 atom stereocenters. The van der Waals surface area contributed by atoms with Crippen molar-refractivity contribution in [2.24, 2.45) is 0 Å². The van der Waals surface area contributed by atoms with Crippen molar-refractivity contribution in [1.82, 2.24) is 15.3 Å². The van der Waals surface area contributed by atoms with Gasteiger partial charge in [-0.1, -0.05) is 45.0 Å². The summed E-state index contributed by atoms with van der Waals surface area (Å²) in [6, 6.07) is 16.3. The molecule has 8 nitrogen and oxygen atoms in total. The van der Waals surface area contributed by atoms with E-state index in [4.69, 9.17) is 14.2 Å². The van der Waals surface area contributed by atoms with Gasteiger partial charge in [-0.05, 0) is 62.6 Å². The minimum Gasteiger partial charge on any atom is -0.490 e. The number of ether oxygens (including phenoxy) is 3. The number of amides is 1. The number of hydrogen-bond donors (Lipinski definition) is 2. The molecule has 8 heteroatoms. The molecule has 1 unspecified atom stereocenters. The number of rotatable bonds is 9. The maximum absolute atomic E-state index is 11.9. The van der Waals surface area contributed by atoms with Crippen LogP contribution < -0.4 is 14.8 Å². The molecule has 2 aromatic carbocycles. The molecule has 1 heterocycles. The Hall–Kier alpha value is -3.65. The van der Waals surface area contributed by atoms with Crippen LogP contribution in [0.3, 0.4) is 0 Å². The van der Waals surface area contributed by atoms with Crippen LogP contribution in [-0.4, -0.2) is 38.9 Å². The second kappa shape index (κ2) is 11.6. The van der Waals surface area contributed by atoms with Gasteiger partial charge in [0.15, 0.2) is 11.6 Å². The van der Waals surface area contributed by atoms with Crippen LogP contribution in [0.5, 0.6) is 17.2 Å². The molecule has 1 amide bonds. The molecule has 0 saturated heterocycles. The number of aromatic nitrogens is 2. The van der Waals surface area contributed by atoms with Crippen molar-refractivity contribution >= 4 is 6.09 Å². The van der Waals surface area contributed by atoms with Gasteiger partial charge in [-0.15, -0.1) is 0 Å². The Morgan fingerprint density at radius 1 is 0.923 bits per heavy atom. The lowest BCUT2D eigenvalue weighted by Crippen LogP contribution is -2.50. The third-order valence-corrected chi connectivity index (χ3v) is 6.84. The Kier molecular flexibility index (Phi) is 8.45. The smallest absolute Gasteiger partial charge is 0.407 e. The molecule has 2 N–H and O–H groups in total. The number of nitrogens with zero attached hydrogens (tertiary/aromatic N) is 2. The number of carbonyl (C=O) groups is 1. The van der Waals surface area contributed by atoms with Crippen LogP contribution in [0.2, 0.25) is 0 Å². The topological polar surface area (TPSA) is 103 Å². The monoisotopic (exact) mass is 533 g/mol. The van der Waals surface area contributed by atoms with Gasteiger partial charge in [0.05, 0.1) is 12.4 Å². The van der Waals surface area contributed by atoms with Crippen LogP contribution in [0.1, 0.15) is 83.9 Å². The Labute approximate surface area is 230 Å². The Morgan fingerprint density at radius 3 is 1.97 bits per heavy atom. The zero-order valence-corrected chi connectivity index (χ0v) is 23.6. The first-order valence-corrected chi connectivity index (χ1v) is 13.5. The lowest BCUT2D eigenvalue weighted by atomic mass is 9.78. The fraction of sp³-hybridized carbons (Fsp3) is 0.452. The first kappa shape index (κ1) is 28.4. The van der Waals surface area contributed by atoms with Crippen molar-refractivity contribution in [3.8, 4) is 17.2 Å². The molecule has 3 aromatic rings. The molecule has 0 bridgehead atoms. The van der Waals surface area contributed by atoms with E-state index < -0.39 is 11.7 Å². The lowest BCUT2D eigenvalue weighted by Gasteiger charge is -2.36. The van der Waals surface area contributed by atoms with Gasteiger partial charge in [-0.2, -0.15) is 0 Å². The van der Waals surface area contributed by atoms with Gasteiger partial charge in [-0.3, -0.25) is 0 Å². The van der Waals surface area contributed by atoms with Gasteiger partial charge in [-0.25, -0.2) is 14.8 Å². The first-order chi connectivity index (χ1) is 18.4. The molecular weight excluding hydrogens is 494 g/mol. The molecule has 4 rings (SSSR count). The van der Waals surface area contributed by atoms with Gasteiger partial charge >= 0.3 is 6.09 Å². The lowest BCUT2D eigenvalue weighted by molar-refractivity contribution is 0.0363. The molecular formula is C31H39N3O5. The normalized spacial score (nSPS) is 18.0. The van der Waals surface area contributed by atoms with Crippen molar-refractivity contribution in [3.05, 3.63) is 77.9 Å². The Balaban J connectivity index is 1.29. The quantitative estimate of drug-likeness (QED) is 0.325. The number of aliphatic hydroxyl groups excluding tert-OH is 1. The highest BCUT2D eigenvalue weighted by molar-refractivity contribution is 5.68. The summed E-state index contributed by atoms with van der Waals surface area (Å²) in [6.45, 7) is 11.8. The van der Waals surface area contributed by atoms with E-state index in [2.05, 4.69) is 53.4 Å². The predicted octanol–water partition coefficient (Wildman–Crippen LogP) is 6.47. The summed E-state index contributed by atoms with van der Waals surface area (Å²) < 4.78 is 17.3. The zero-order chi connectivity index (χ0) is 28.2. The van der Waals surface area contributed by atoms with Crippen LogP contribution in [0.4, 0.5) is 4.79 Å². The molecule has 0 spiro atoms. The molecule has 1 saturated carbocycles. The number of hydrogen-bond acceptors (Lipinski definition) is 7. The van der Waals surface area contributed by atoms with E-state index in [1.54, 1.807) is 12.4 Å². The van der Waals surface area contributed by atoms with E-state index >= 15 is 0 Å². The maximum atomic E-state index is 11.9. The van der Waals surface area contributed by atoms with Gasteiger partial charge in [0, 0.05) is 24.3 Å². The van der Waals surface area contributed by atoms with Gasteiger partial charge < -0.3 is 24.6 Å². The van der Waals surface area contributed by atoms with E-state index in [0.29, 0.717) is 23.7 Å². The van der Waals surface area contributed by atoms with E-state index in [1.807, 2.05) is 52.0 Å². The average Bonchev–Trinajstić information content (AvgIpc) is 2.87. The second-order valence-electron chi connectivity index (χ2n) is 11.5. The van der Waals surface area contributed by atoms with Gasteiger partial charge in [0.1, 0.15) is 29.3 Å². The standard InChI is InChI=1S/C31H39N3O5/c1-7-27(35)28-32-18-26(19-33-28)38-24-14-10-21(11-15-24)31(5,6)20-8-12-23(13-9-20)37-25-16-22(17-25)34-29(36)39-30(2,3)4/h8-15,18-19,22,25,27,35H,7,16-17H2,1-6H3,(H,34,36)/t22-,25-,27?. The number of carbonyl (C=O) groups excluding carboxylic acids is 1. The molecule has 39 heavy (non-hydrogen) atoms. The van der Waals surface area contributed by atoms with Crippen LogP contribution in [0.25, 0.3) is 0 Å². The number of alkyl carbamates (subject to hydrolysis) is 1. The van der Waals surface area contributed by atoms with E-state index in [-0.39, 0.29) is 23.7 Å². The molecule has 1 aliphatic carbocycles. The molecule has 1 aromatic heterocycles.